The molecule has 1 heterocycles. The summed E-state index contributed by atoms with van der Waals surface area (Å²) in [6.45, 7) is 3.93. The highest BCUT2D eigenvalue weighted by atomic mass is 16.2. The molecular weight excluding hydrogens is 228 g/mol. The summed E-state index contributed by atoms with van der Waals surface area (Å²) in [4.78, 5) is 27.3. The second kappa shape index (κ2) is 4.12. The van der Waals surface area contributed by atoms with Crippen molar-refractivity contribution in [1.82, 2.24) is 9.80 Å². The number of carbonyl (C=O) groups excluding carboxylic acids is 2. The molecular formula is C14H18N2O2. The molecule has 1 aromatic carbocycles. The zero-order valence-corrected chi connectivity index (χ0v) is 11.2. The maximum Gasteiger partial charge on any atom is 0.327 e. The smallest absolute Gasteiger partial charge is 0.308 e. The van der Waals surface area contributed by atoms with Crippen LogP contribution < -0.4 is 0 Å². The maximum atomic E-state index is 12.6. The minimum absolute atomic E-state index is 0.00583. The maximum absolute atomic E-state index is 12.6. The van der Waals surface area contributed by atoms with Crippen molar-refractivity contribution in [1.29, 1.82) is 0 Å². The minimum Gasteiger partial charge on any atom is -0.308 e. The van der Waals surface area contributed by atoms with E-state index in [2.05, 4.69) is 0 Å². The molecule has 4 heteroatoms. The van der Waals surface area contributed by atoms with E-state index >= 15 is 0 Å². The normalized spacial score (nSPS) is 24.3. The van der Waals surface area contributed by atoms with Crippen LogP contribution in [0.4, 0.5) is 4.79 Å². The molecule has 3 amide bonds. The van der Waals surface area contributed by atoms with E-state index in [-0.39, 0.29) is 17.9 Å². The summed E-state index contributed by atoms with van der Waals surface area (Å²) in [6.07, 6.45) is 0. The van der Waals surface area contributed by atoms with E-state index in [4.69, 9.17) is 0 Å². The Morgan fingerprint density at radius 2 is 1.61 bits per heavy atom. The molecule has 1 aliphatic heterocycles. The molecule has 1 fully saturated rings. The lowest BCUT2D eigenvalue weighted by Gasteiger charge is -2.36. The van der Waals surface area contributed by atoms with Gasteiger partial charge in [0.2, 0.25) is 0 Å². The molecule has 0 N–H and O–H groups in total. The van der Waals surface area contributed by atoms with Gasteiger partial charge in [-0.1, -0.05) is 44.2 Å². The first-order chi connectivity index (χ1) is 8.44. The monoisotopic (exact) mass is 246 g/mol. The number of imide groups is 1. The molecule has 18 heavy (non-hydrogen) atoms. The third-order valence-corrected chi connectivity index (χ3v) is 3.78. The van der Waals surface area contributed by atoms with E-state index in [9.17, 15) is 9.59 Å². The molecule has 1 saturated heterocycles. The molecule has 0 saturated carbocycles. The molecule has 0 aliphatic carbocycles. The van der Waals surface area contributed by atoms with Crippen molar-refractivity contribution in [3.8, 4) is 0 Å². The average Bonchev–Trinajstić information content (AvgIpc) is 2.53. The minimum atomic E-state index is -0.882. The highest BCUT2D eigenvalue weighted by Crippen LogP contribution is 2.41. The average molecular weight is 246 g/mol. The van der Waals surface area contributed by atoms with Crippen molar-refractivity contribution in [2.75, 3.05) is 14.1 Å². The molecule has 0 spiro atoms. The Hall–Kier alpha value is -1.84. The first kappa shape index (κ1) is 12.6. The molecule has 1 aromatic rings. The summed E-state index contributed by atoms with van der Waals surface area (Å²) in [5.74, 6) is -0.150. The first-order valence-corrected chi connectivity index (χ1v) is 6.05. The number of urea groups is 1. The van der Waals surface area contributed by atoms with Crippen LogP contribution in [0.5, 0.6) is 0 Å². The highest BCUT2D eigenvalue weighted by Gasteiger charge is 2.57. The Morgan fingerprint density at radius 3 is 2.00 bits per heavy atom. The third-order valence-electron chi connectivity index (χ3n) is 3.78. The number of carbonyl (C=O) groups is 2. The SMILES string of the molecule is CC(C)[C@]1(c2ccccc2)C(=O)N(C)C(=O)N1C. The van der Waals surface area contributed by atoms with Crippen LogP contribution in [0.1, 0.15) is 19.4 Å². The second-order valence-corrected chi connectivity index (χ2v) is 4.99. The van der Waals surface area contributed by atoms with E-state index in [0.717, 1.165) is 5.56 Å². The summed E-state index contributed by atoms with van der Waals surface area (Å²) in [5.41, 5.74) is -0.0159. The summed E-state index contributed by atoms with van der Waals surface area (Å²) in [5, 5.41) is 0. The fraction of sp³-hybridized carbons (Fsp3) is 0.429. The van der Waals surface area contributed by atoms with Crippen molar-refractivity contribution in [3.05, 3.63) is 35.9 Å². The highest BCUT2D eigenvalue weighted by molar-refractivity contribution is 6.07. The molecule has 1 aliphatic rings. The molecule has 0 radical (unpaired) electrons. The zero-order valence-electron chi connectivity index (χ0n) is 11.2. The number of rotatable bonds is 2. The van der Waals surface area contributed by atoms with Crippen LogP contribution in [0.25, 0.3) is 0 Å². The van der Waals surface area contributed by atoms with Gasteiger partial charge in [0.15, 0.2) is 5.54 Å². The van der Waals surface area contributed by atoms with E-state index in [1.165, 1.54) is 11.9 Å². The van der Waals surface area contributed by atoms with E-state index < -0.39 is 5.54 Å². The van der Waals surface area contributed by atoms with Crippen LogP contribution in [0.3, 0.4) is 0 Å². The lowest BCUT2D eigenvalue weighted by atomic mass is 9.78. The fourth-order valence-corrected chi connectivity index (χ4v) is 2.84. The topological polar surface area (TPSA) is 40.6 Å². The van der Waals surface area contributed by atoms with Gasteiger partial charge in [0.1, 0.15) is 0 Å². The van der Waals surface area contributed by atoms with Gasteiger partial charge in [0.05, 0.1) is 0 Å². The first-order valence-electron chi connectivity index (χ1n) is 6.05. The fourth-order valence-electron chi connectivity index (χ4n) is 2.84. The van der Waals surface area contributed by atoms with Gasteiger partial charge in [-0.2, -0.15) is 0 Å². The standard InChI is InChI=1S/C14H18N2O2/c1-10(2)14(11-8-6-5-7-9-11)12(17)15(3)13(18)16(14)4/h5-10H,1-4H3/t14-/m0/s1. The van der Waals surface area contributed by atoms with Crippen LogP contribution in [0.2, 0.25) is 0 Å². The van der Waals surface area contributed by atoms with Crippen molar-refractivity contribution in [2.24, 2.45) is 5.92 Å². The summed E-state index contributed by atoms with van der Waals surface area (Å²) in [6, 6.07) is 9.24. The quantitative estimate of drug-likeness (QED) is 0.749. The Bertz CT molecular complexity index is 484. The van der Waals surface area contributed by atoms with E-state index in [1.807, 2.05) is 44.2 Å². The predicted octanol–water partition coefficient (Wildman–Crippen LogP) is 2.06. The van der Waals surface area contributed by atoms with Gasteiger partial charge in [-0.05, 0) is 11.5 Å². The van der Waals surface area contributed by atoms with Crippen molar-refractivity contribution in [3.63, 3.8) is 0 Å². The number of likely N-dealkylation sites (N-methyl/N-ethyl adjacent to an activating group) is 2. The Balaban J connectivity index is 2.66. The Labute approximate surface area is 107 Å². The molecule has 1 atom stereocenters. The number of hydrogen-bond acceptors (Lipinski definition) is 2. The number of benzene rings is 1. The Morgan fingerprint density at radius 1 is 1.06 bits per heavy atom. The van der Waals surface area contributed by atoms with Crippen LogP contribution >= 0.6 is 0 Å². The number of hydrogen-bond donors (Lipinski definition) is 0. The van der Waals surface area contributed by atoms with Gasteiger partial charge >= 0.3 is 6.03 Å². The third kappa shape index (κ3) is 1.38. The van der Waals surface area contributed by atoms with Crippen LogP contribution in [-0.2, 0) is 10.3 Å². The molecule has 4 nitrogen and oxygen atoms in total. The Kier molecular flexibility index (Phi) is 2.89. The lowest BCUT2D eigenvalue weighted by molar-refractivity contribution is -0.134. The van der Waals surface area contributed by atoms with E-state index in [0.29, 0.717) is 0 Å². The molecule has 0 unspecified atom stereocenters. The lowest BCUT2D eigenvalue weighted by Crippen LogP contribution is -2.49. The molecule has 0 aromatic heterocycles. The largest absolute Gasteiger partial charge is 0.327 e. The number of nitrogens with zero attached hydrogens (tertiary/aromatic N) is 2. The van der Waals surface area contributed by atoms with Crippen molar-refractivity contribution >= 4 is 11.9 Å². The zero-order chi connectivity index (χ0) is 13.5. The van der Waals surface area contributed by atoms with Gasteiger partial charge in [0, 0.05) is 14.1 Å². The number of amides is 3. The second-order valence-electron chi connectivity index (χ2n) is 4.99. The van der Waals surface area contributed by atoms with Crippen LogP contribution in [-0.4, -0.2) is 35.8 Å². The van der Waals surface area contributed by atoms with Gasteiger partial charge < -0.3 is 4.90 Å². The van der Waals surface area contributed by atoms with Gasteiger partial charge in [-0.25, -0.2) is 4.79 Å². The summed E-state index contributed by atoms with van der Waals surface area (Å²) in [7, 11) is 3.23. The molecule has 0 bridgehead atoms. The molecule has 96 valence electrons. The summed E-state index contributed by atoms with van der Waals surface area (Å²) >= 11 is 0. The van der Waals surface area contributed by atoms with E-state index in [1.54, 1.807) is 11.9 Å². The van der Waals surface area contributed by atoms with Crippen molar-refractivity contribution in [2.45, 2.75) is 19.4 Å². The predicted molar refractivity (Wildman–Crippen MR) is 68.9 cm³/mol. The molecule has 2 rings (SSSR count). The van der Waals surface area contributed by atoms with Gasteiger partial charge in [-0.3, -0.25) is 9.69 Å². The van der Waals surface area contributed by atoms with Gasteiger partial charge in [0.25, 0.3) is 5.91 Å². The summed E-state index contributed by atoms with van der Waals surface area (Å²) < 4.78 is 0. The van der Waals surface area contributed by atoms with Crippen LogP contribution in [0, 0.1) is 5.92 Å². The van der Waals surface area contributed by atoms with Gasteiger partial charge in [-0.15, -0.1) is 0 Å². The van der Waals surface area contributed by atoms with Crippen LogP contribution in [0.15, 0.2) is 30.3 Å². The van der Waals surface area contributed by atoms with Crippen molar-refractivity contribution < 1.29 is 9.59 Å².